The van der Waals surface area contributed by atoms with Gasteiger partial charge >= 0.3 is 5.91 Å². The summed E-state index contributed by atoms with van der Waals surface area (Å²) >= 11 is 1.28. The largest absolute Gasteiger partial charge is 0.507 e. The summed E-state index contributed by atoms with van der Waals surface area (Å²) in [7, 11) is 0. The molecular weight excluding hydrogens is 448 g/mol. The molecule has 174 valence electrons. The number of ketones is 1. The number of fused-ring (bicyclic) bond motifs is 1. The minimum absolute atomic E-state index is 0.0424. The molecule has 2 aliphatic rings. The van der Waals surface area contributed by atoms with Gasteiger partial charge in [0.2, 0.25) is 0 Å². The van der Waals surface area contributed by atoms with Gasteiger partial charge in [-0.05, 0) is 47.2 Å². The van der Waals surface area contributed by atoms with Crippen molar-refractivity contribution in [2.75, 3.05) is 4.90 Å². The zero-order valence-electron chi connectivity index (χ0n) is 19.5. The van der Waals surface area contributed by atoms with Gasteiger partial charge in [0.1, 0.15) is 17.6 Å². The van der Waals surface area contributed by atoms with E-state index in [0.29, 0.717) is 10.7 Å². The quantitative estimate of drug-likeness (QED) is 0.313. The van der Waals surface area contributed by atoms with E-state index in [0.717, 1.165) is 28.9 Å². The molecule has 7 heteroatoms. The number of aromatic nitrogens is 1. The molecule has 2 aromatic carbocycles. The first-order chi connectivity index (χ1) is 16.1. The van der Waals surface area contributed by atoms with Gasteiger partial charge < -0.3 is 9.84 Å². The molecule has 3 heterocycles. The molecule has 1 N–H and O–H groups in total. The molecule has 3 aromatic rings. The SMILES string of the molecule is C[C@@H]1Cc2cc(/C(O)=C3\C(=O)C(=O)N(c4nccs4)[C@@H]3c3ccc(C(C)(C)C)cc3)ccc2O1. The molecule has 1 saturated heterocycles. The number of thiazole rings is 1. The Balaban J connectivity index is 1.66. The van der Waals surface area contributed by atoms with E-state index in [1.807, 2.05) is 37.3 Å². The van der Waals surface area contributed by atoms with Gasteiger partial charge in [-0.2, -0.15) is 0 Å². The first-order valence-electron chi connectivity index (χ1n) is 11.3. The van der Waals surface area contributed by atoms with Gasteiger partial charge in [0.15, 0.2) is 5.13 Å². The van der Waals surface area contributed by atoms with Crippen LogP contribution in [0.15, 0.2) is 59.6 Å². The van der Waals surface area contributed by atoms with Crippen molar-refractivity contribution in [2.24, 2.45) is 0 Å². The highest BCUT2D eigenvalue weighted by Gasteiger charge is 2.48. The molecular formula is C27H26N2O4S. The number of carbonyl (C=O) groups is 2. The molecule has 1 fully saturated rings. The standard InChI is InChI=1S/C27H26N2O4S/c1-15-13-18-14-17(7-10-20(18)33-15)23(30)21-22(16-5-8-19(9-6-16)27(2,3)4)29(25(32)24(21)31)26-28-11-12-34-26/h5-12,14-15,22,30H,13H2,1-4H3/b23-21+/t15-,22-/m1/s1. The molecule has 0 spiro atoms. The van der Waals surface area contributed by atoms with E-state index in [4.69, 9.17) is 4.74 Å². The molecule has 0 saturated carbocycles. The van der Waals surface area contributed by atoms with Crippen molar-refractivity contribution in [3.8, 4) is 5.75 Å². The average Bonchev–Trinajstić information content (AvgIpc) is 3.50. The fourth-order valence-electron chi connectivity index (χ4n) is 4.57. The lowest BCUT2D eigenvalue weighted by molar-refractivity contribution is -0.132. The van der Waals surface area contributed by atoms with Crippen molar-refractivity contribution in [1.29, 1.82) is 0 Å². The molecule has 0 radical (unpaired) electrons. The second-order valence-corrected chi connectivity index (χ2v) is 10.7. The molecule has 0 aliphatic carbocycles. The Morgan fingerprint density at radius 3 is 2.53 bits per heavy atom. The third kappa shape index (κ3) is 3.70. The van der Waals surface area contributed by atoms with Crippen molar-refractivity contribution < 1.29 is 19.4 Å². The van der Waals surface area contributed by atoms with Crippen LogP contribution < -0.4 is 9.64 Å². The van der Waals surface area contributed by atoms with Crippen molar-refractivity contribution in [1.82, 2.24) is 4.98 Å². The zero-order valence-corrected chi connectivity index (χ0v) is 20.3. The van der Waals surface area contributed by atoms with Crippen LogP contribution in [0.3, 0.4) is 0 Å². The van der Waals surface area contributed by atoms with E-state index < -0.39 is 17.7 Å². The molecule has 0 unspecified atom stereocenters. The van der Waals surface area contributed by atoms with Gasteiger partial charge in [-0.15, -0.1) is 11.3 Å². The van der Waals surface area contributed by atoms with E-state index in [1.54, 1.807) is 23.7 Å². The molecule has 2 atom stereocenters. The summed E-state index contributed by atoms with van der Waals surface area (Å²) in [6, 6.07) is 12.4. The highest BCUT2D eigenvalue weighted by Crippen LogP contribution is 2.43. The highest BCUT2D eigenvalue weighted by atomic mass is 32.1. The smallest absolute Gasteiger partial charge is 0.301 e. The van der Waals surface area contributed by atoms with Crippen molar-refractivity contribution in [2.45, 2.75) is 51.7 Å². The van der Waals surface area contributed by atoms with Crippen LogP contribution in [0.5, 0.6) is 5.75 Å². The molecule has 1 aromatic heterocycles. The number of hydrogen-bond acceptors (Lipinski definition) is 6. The van der Waals surface area contributed by atoms with E-state index in [-0.39, 0.29) is 22.9 Å². The molecule has 2 aliphatic heterocycles. The van der Waals surface area contributed by atoms with Crippen LogP contribution in [0, 0.1) is 0 Å². The maximum atomic E-state index is 13.3. The summed E-state index contributed by atoms with van der Waals surface area (Å²) in [6.07, 6.45) is 2.38. The predicted molar refractivity (Wildman–Crippen MR) is 132 cm³/mol. The summed E-state index contributed by atoms with van der Waals surface area (Å²) < 4.78 is 5.77. The second kappa shape index (κ2) is 8.09. The Kier molecular flexibility index (Phi) is 5.32. The fourth-order valence-corrected chi connectivity index (χ4v) is 5.24. The number of nitrogens with zero attached hydrogens (tertiary/aromatic N) is 2. The normalized spacial score (nSPS) is 21.6. The number of anilines is 1. The van der Waals surface area contributed by atoms with E-state index in [2.05, 4.69) is 25.8 Å². The summed E-state index contributed by atoms with van der Waals surface area (Å²) in [4.78, 5) is 32.1. The second-order valence-electron chi connectivity index (χ2n) is 9.81. The number of hydrogen-bond donors (Lipinski definition) is 1. The van der Waals surface area contributed by atoms with E-state index in [9.17, 15) is 14.7 Å². The molecule has 6 nitrogen and oxygen atoms in total. The lowest BCUT2D eigenvalue weighted by Gasteiger charge is -2.24. The number of rotatable bonds is 3. The predicted octanol–water partition coefficient (Wildman–Crippen LogP) is 5.39. The van der Waals surface area contributed by atoms with Crippen LogP contribution >= 0.6 is 11.3 Å². The Morgan fingerprint density at radius 1 is 1.15 bits per heavy atom. The number of ether oxygens (including phenoxy) is 1. The third-order valence-corrected chi connectivity index (χ3v) is 7.10. The summed E-state index contributed by atoms with van der Waals surface area (Å²) in [5.41, 5.74) is 3.36. The molecule has 34 heavy (non-hydrogen) atoms. The topological polar surface area (TPSA) is 79.7 Å². The van der Waals surface area contributed by atoms with Crippen LogP contribution in [-0.4, -0.2) is 27.9 Å². The molecule has 1 amide bonds. The summed E-state index contributed by atoms with van der Waals surface area (Å²) in [6.45, 7) is 8.37. The van der Waals surface area contributed by atoms with Crippen LogP contribution in [0.4, 0.5) is 5.13 Å². The van der Waals surface area contributed by atoms with Gasteiger partial charge in [0.25, 0.3) is 5.78 Å². The number of aliphatic hydroxyl groups excluding tert-OH is 1. The Hall–Kier alpha value is -3.45. The van der Waals surface area contributed by atoms with Crippen molar-refractivity contribution in [3.63, 3.8) is 0 Å². The van der Waals surface area contributed by atoms with Crippen LogP contribution in [0.1, 0.15) is 56.0 Å². The Bertz CT molecular complexity index is 1300. The highest BCUT2D eigenvalue weighted by molar-refractivity contribution is 7.14. The monoisotopic (exact) mass is 474 g/mol. The maximum Gasteiger partial charge on any atom is 0.301 e. The fraction of sp³-hybridized carbons (Fsp3) is 0.296. The van der Waals surface area contributed by atoms with Crippen molar-refractivity contribution >= 4 is 33.9 Å². The van der Waals surface area contributed by atoms with Crippen molar-refractivity contribution in [3.05, 3.63) is 81.9 Å². The first kappa shape index (κ1) is 22.3. The number of benzene rings is 2. The van der Waals surface area contributed by atoms with Gasteiger partial charge in [0, 0.05) is 23.6 Å². The number of Topliss-reactive ketones (excluding diaryl/α,β-unsaturated/α-hetero) is 1. The van der Waals surface area contributed by atoms with Crippen LogP contribution in [0.25, 0.3) is 5.76 Å². The Labute approximate surface area is 202 Å². The van der Waals surface area contributed by atoms with Gasteiger partial charge in [-0.1, -0.05) is 45.0 Å². The number of amides is 1. The summed E-state index contributed by atoms with van der Waals surface area (Å²) in [5.74, 6) is -0.825. The molecule has 0 bridgehead atoms. The first-order valence-corrected chi connectivity index (χ1v) is 12.1. The lowest BCUT2D eigenvalue weighted by atomic mass is 9.85. The number of carbonyl (C=O) groups excluding carboxylic acids is 2. The average molecular weight is 475 g/mol. The zero-order chi connectivity index (χ0) is 24.2. The van der Waals surface area contributed by atoms with Gasteiger partial charge in [-0.25, -0.2) is 4.98 Å². The minimum Gasteiger partial charge on any atom is -0.507 e. The third-order valence-electron chi connectivity index (χ3n) is 6.33. The van der Waals surface area contributed by atoms with Crippen LogP contribution in [0.2, 0.25) is 0 Å². The van der Waals surface area contributed by atoms with Gasteiger partial charge in [-0.3, -0.25) is 14.5 Å². The Morgan fingerprint density at radius 2 is 1.88 bits per heavy atom. The summed E-state index contributed by atoms with van der Waals surface area (Å²) in [5, 5.41) is 13.5. The van der Waals surface area contributed by atoms with Crippen LogP contribution in [-0.2, 0) is 21.4 Å². The number of aliphatic hydroxyl groups is 1. The lowest BCUT2D eigenvalue weighted by Crippen LogP contribution is -2.29. The molecule has 5 rings (SSSR count). The minimum atomic E-state index is -0.774. The maximum absolute atomic E-state index is 13.3. The van der Waals surface area contributed by atoms with E-state index in [1.165, 1.54) is 16.2 Å². The van der Waals surface area contributed by atoms with Gasteiger partial charge in [0.05, 0.1) is 11.6 Å². The van der Waals surface area contributed by atoms with E-state index >= 15 is 0 Å².